The van der Waals surface area contributed by atoms with Gasteiger partial charge in [-0.25, -0.2) is 9.02 Å². The number of nitrogens with zero attached hydrogens (tertiary/aromatic N) is 5. The van der Waals surface area contributed by atoms with Gasteiger partial charge >= 0.3 is 0 Å². The molecule has 10 nitrogen and oxygen atoms in total. The molecule has 35 heavy (non-hydrogen) atoms. The predicted octanol–water partition coefficient (Wildman–Crippen LogP) is 1.59. The van der Waals surface area contributed by atoms with Gasteiger partial charge in [-0.1, -0.05) is 22.4 Å². The van der Waals surface area contributed by atoms with Crippen molar-refractivity contribution < 1.29 is 23.3 Å². The Morgan fingerprint density at radius 2 is 2.00 bits per heavy atom. The van der Waals surface area contributed by atoms with Gasteiger partial charge in [-0.3, -0.25) is 14.4 Å². The van der Waals surface area contributed by atoms with Crippen LogP contribution in [0.2, 0.25) is 0 Å². The first-order valence-corrected chi connectivity index (χ1v) is 11.1. The minimum Gasteiger partial charge on any atom is -0.496 e. The first-order valence-electron chi connectivity index (χ1n) is 11.1. The standard InChI is InChI=1S/C24H26FN5O5/c1-15-18(27-35-26-15)14-28(2)24(33)23-19-7-8-29(9-10-30(19)22(32)13-20(23)34-3)21(31)12-16-5-4-6-17(25)11-16/h4-6,11,13H,7-10,12,14H2,1-3H3. The van der Waals surface area contributed by atoms with Crippen molar-refractivity contribution in [2.75, 3.05) is 27.2 Å². The zero-order valence-corrected chi connectivity index (χ0v) is 19.8. The lowest BCUT2D eigenvalue weighted by Gasteiger charge is -2.21. The molecule has 0 unspecified atom stereocenters. The molecule has 1 aliphatic heterocycles. The first kappa shape index (κ1) is 24.1. The molecule has 184 valence electrons. The van der Waals surface area contributed by atoms with E-state index >= 15 is 0 Å². The van der Waals surface area contributed by atoms with E-state index in [0.29, 0.717) is 35.7 Å². The number of hydrogen-bond acceptors (Lipinski definition) is 7. The highest BCUT2D eigenvalue weighted by Gasteiger charge is 2.28. The third-order valence-electron chi connectivity index (χ3n) is 6.10. The monoisotopic (exact) mass is 483 g/mol. The van der Waals surface area contributed by atoms with Gasteiger partial charge in [0.15, 0.2) is 0 Å². The van der Waals surface area contributed by atoms with Gasteiger partial charge in [-0.2, -0.15) is 0 Å². The van der Waals surface area contributed by atoms with Crippen LogP contribution in [0.1, 0.15) is 33.0 Å². The number of aromatic nitrogens is 3. The Balaban J connectivity index is 1.59. The van der Waals surface area contributed by atoms with Gasteiger partial charge in [-0.15, -0.1) is 0 Å². The van der Waals surface area contributed by atoms with Gasteiger partial charge in [0.1, 0.15) is 28.5 Å². The Morgan fingerprint density at radius 3 is 2.69 bits per heavy atom. The Labute approximate surface area is 200 Å². The van der Waals surface area contributed by atoms with Gasteiger partial charge in [0.25, 0.3) is 11.5 Å². The molecule has 1 aliphatic rings. The summed E-state index contributed by atoms with van der Waals surface area (Å²) in [6.45, 7) is 2.71. The van der Waals surface area contributed by atoms with Crippen LogP contribution in [0.3, 0.4) is 0 Å². The molecule has 0 spiro atoms. The molecule has 11 heteroatoms. The van der Waals surface area contributed by atoms with Gasteiger partial charge in [0.05, 0.1) is 20.1 Å². The number of carbonyl (C=O) groups excluding carboxylic acids is 2. The van der Waals surface area contributed by atoms with Crippen molar-refractivity contribution in [3.05, 3.63) is 74.7 Å². The summed E-state index contributed by atoms with van der Waals surface area (Å²) in [6.07, 6.45) is 0.326. The second-order valence-electron chi connectivity index (χ2n) is 8.42. The maximum absolute atomic E-state index is 13.5. The first-order chi connectivity index (χ1) is 16.8. The fraction of sp³-hybridized carbons (Fsp3) is 0.375. The van der Waals surface area contributed by atoms with Gasteiger partial charge in [0.2, 0.25) is 5.91 Å². The summed E-state index contributed by atoms with van der Waals surface area (Å²) in [5, 5.41) is 7.56. The molecule has 0 fully saturated rings. The summed E-state index contributed by atoms with van der Waals surface area (Å²) in [5.41, 5.74) is 2.13. The fourth-order valence-electron chi connectivity index (χ4n) is 4.20. The van der Waals surface area contributed by atoms with E-state index in [1.807, 2.05) is 0 Å². The van der Waals surface area contributed by atoms with E-state index < -0.39 is 5.82 Å². The van der Waals surface area contributed by atoms with E-state index in [4.69, 9.17) is 9.37 Å². The zero-order chi connectivity index (χ0) is 25.1. The second-order valence-corrected chi connectivity index (χ2v) is 8.42. The van der Waals surface area contributed by atoms with E-state index in [1.165, 1.54) is 34.8 Å². The average molecular weight is 484 g/mol. The lowest BCUT2D eigenvalue weighted by molar-refractivity contribution is -0.130. The molecular weight excluding hydrogens is 457 g/mol. The van der Waals surface area contributed by atoms with Crippen LogP contribution in [0.15, 0.2) is 39.8 Å². The van der Waals surface area contributed by atoms with E-state index in [1.54, 1.807) is 31.0 Å². The average Bonchev–Trinajstić information content (AvgIpc) is 3.09. The van der Waals surface area contributed by atoms with E-state index in [0.717, 1.165) is 0 Å². The fourth-order valence-corrected chi connectivity index (χ4v) is 4.20. The quantitative estimate of drug-likeness (QED) is 0.524. The number of benzene rings is 1. The molecule has 0 radical (unpaired) electrons. The second kappa shape index (κ2) is 10.1. The van der Waals surface area contributed by atoms with Crippen molar-refractivity contribution >= 4 is 11.8 Å². The maximum atomic E-state index is 13.5. The van der Waals surface area contributed by atoms with Gasteiger partial charge < -0.3 is 19.1 Å². The lowest BCUT2D eigenvalue weighted by atomic mass is 10.1. The predicted molar refractivity (Wildman–Crippen MR) is 122 cm³/mol. The third kappa shape index (κ3) is 5.08. The van der Waals surface area contributed by atoms with Crippen LogP contribution in [0, 0.1) is 12.7 Å². The number of amides is 2. The highest BCUT2D eigenvalue weighted by molar-refractivity contribution is 5.98. The molecule has 0 aliphatic carbocycles. The third-order valence-corrected chi connectivity index (χ3v) is 6.10. The van der Waals surface area contributed by atoms with Crippen LogP contribution in [0.4, 0.5) is 4.39 Å². The summed E-state index contributed by atoms with van der Waals surface area (Å²) in [5.74, 6) is -0.760. The Hall–Kier alpha value is -4.02. The number of hydrogen-bond donors (Lipinski definition) is 0. The van der Waals surface area contributed by atoms with E-state index in [-0.39, 0.29) is 54.6 Å². The van der Waals surface area contributed by atoms with Crippen molar-refractivity contribution in [1.82, 2.24) is 24.7 Å². The number of rotatable bonds is 6. The molecule has 3 heterocycles. The minimum absolute atomic E-state index is 0.0476. The summed E-state index contributed by atoms with van der Waals surface area (Å²) in [7, 11) is 3.02. The smallest absolute Gasteiger partial charge is 0.259 e. The van der Waals surface area contributed by atoms with Crippen molar-refractivity contribution in [2.24, 2.45) is 0 Å². The summed E-state index contributed by atoms with van der Waals surface area (Å²) < 4.78 is 25.2. The Bertz CT molecular complexity index is 1320. The number of carbonyl (C=O) groups is 2. The van der Waals surface area contributed by atoms with E-state index in [2.05, 4.69) is 10.3 Å². The van der Waals surface area contributed by atoms with E-state index in [9.17, 15) is 18.8 Å². The number of aryl methyl sites for hydroxylation is 1. The van der Waals surface area contributed by atoms with Crippen LogP contribution >= 0.6 is 0 Å². The van der Waals surface area contributed by atoms with Gasteiger partial charge in [0, 0.05) is 44.9 Å². The molecule has 0 saturated carbocycles. The molecule has 0 bridgehead atoms. The maximum Gasteiger partial charge on any atom is 0.259 e. The topological polar surface area (TPSA) is 111 Å². The number of fused-ring (bicyclic) bond motifs is 1. The molecule has 3 aromatic rings. The highest BCUT2D eigenvalue weighted by atomic mass is 19.1. The molecular formula is C24H26FN5O5. The number of halogens is 1. The molecule has 2 aromatic heterocycles. The van der Waals surface area contributed by atoms with Crippen molar-refractivity contribution in [3.8, 4) is 5.75 Å². The molecule has 0 N–H and O–H groups in total. The zero-order valence-electron chi connectivity index (χ0n) is 19.8. The van der Waals surface area contributed by atoms with Crippen molar-refractivity contribution in [2.45, 2.75) is 32.9 Å². The van der Waals surface area contributed by atoms with Crippen LogP contribution in [0.5, 0.6) is 5.75 Å². The number of pyridine rings is 1. The number of methoxy groups -OCH3 is 1. The molecule has 2 amide bonds. The SMILES string of the molecule is COc1cc(=O)n2c(c1C(=O)N(C)Cc1nonc1C)CCN(C(=O)Cc1cccc(F)c1)CC2. The van der Waals surface area contributed by atoms with Crippen molar-refractivity contribution in [1.29, 1.82) is 0 Å². The van der Waals surface area contributed by atoms with Crippen LogP contribution in [-0.4, -0.2) is 63.7 Å². The van der Waals surface area contributed by atoms with Gasteiger partial charge in [-0.05, 0) is 24.6 Å². The molecule has 0 atom stereocenters. The Kier molecular flexibility index (Phi) is 6.94. The molecule has 0 saturated heterocycles. The molecule has 1 aromatic carbocycles. The molecule has 4 rings (SSSR count). The summed E-state index contributed by atoms with van der Waals surface area (Å²) in [6, 6.07) is 7.21. The largest absolute Gasteiger partial charge is 0.496 e. The van der Waals surface area contributed by atoms with Crippen molar-refractivity contribution in [3.63, 3.8) is 0 Å². The highest BCUT2D eigenvalue weighted by Crippen LogP contribution is 2.25. The minimum atomic E-state index is -0.402. The Morgan fingerprint density at radius 1 is 1.20 bits per heavy atom. The lowest BCUT2D eigenvalue weighted by Crippen LogP contribution is -2.35. The summed E-state index contributed by atoms with van der Waals surface area (Å²) in [4.78, 5) is 42.3. The normalized spacial score (nSPS) is 13.2. The van der Waals surface area contributed by atoms with Crippen LogP contribution in [0.25, 0.3) is 0 Å². The van der Waals surface area contributed by atoms with Crippen LogP contribution in [-0.2, 0) is 30.7 Å². The summed E-state index contributed by atoms with van der Waals surface area (Å²) >= 11 is 0. The van der Waals surface area contributed by atoms with Crippen LogP contribution < -0.4 is 10.3 Å². The number of ether oxygens (including phenoxy) is 1.